The maximum Gasteiger partial charge on any atom is 0.316 e. The van der Waals surface area contributed by atoms with Crippen molar-refractivity contribution in [1.82, 2.24) is 5.32 Å². The van der Waals surface area contributed by atoms with E-state index in [0.29, 0.717) is 5.02 Å². The Balaban J connectivity index is 1.57. The third kappa shape index (κ3) is 6.88. The smallest absolute Gasteiger partial charge is 0.316 e. The van der Waals surface area contributed by atoms with Gasteiger partial charge >= 0.3 is 6.03 Å². The van der Waals surface area contributed by atoms with Crippen molar-refractivity contribution in [3.8, 4) is 5.75 Å². The molecule has 3 rings (SSSR count). The molecule has 2 amide bonds. The number of aliphatic hydroxyl groups is 2. The van der Waals surface area contributed by atoms with Crippen LogP contribution < -0.4 is 21.1 Å². The number of ether oxygens (including phenoxy) is 1. The molecule has 2 unspecified atom stereocenters. The van der Waals surface area contributed by atoms with Crippen LogP contribution in [0.25, 0.3) is 0 Å². The highest BCUT2D eigenvalue weighted by atomic mass is 35.5. The highest BCUT2D eigenvalue weighted by molar-refractivity contribution is 6.31. The Labute approximate surface area is 195 Å². The van der Waals surface area contributed by atoms with Gasteiger partial charge in [0.15, 0.2) is 5.78 Å². The lowest BCUT2D eigenvalue weighted by Gasteiger charge is -2.29. The topological polar surface area (TPSA) is 134 Å². The van der Waals surface area contributed by atoms with Gasteiger partial charge in [0.1, 0.15) is 22.9 Å². The zero-order chi connectivity index (χ0) is 24.1. The number of nitrogens with two attached hydrogens (primary N) is 1. The van der Waals surface area contributed by atoms with E-state index in [0.717, 1.165) is 5.56 Å². The van der Waals surface area contributed by atoms with Gasteiger partial charge in [0.2, 0.25) is 0 Å². The van der Waals surface area contributed by atoms with Gasteiger partial charge in [0.05, 0.1) is 12.3 Å². The highest BCUT2D eigenvalue weighted by Crippen LogP contribution is 2.31. The Morgan fingerprint density at radius 3 is 2.58 bits per heavy atom. The Hall–Kier alpha value is -2.72. The van der Waals surface area contributed by atoms with Crippen molar-refractivity contribution in [3.05, 3.63) is 58.9 Å². The predicted octanol–water partition coefficient (Wildman–Crippen LogP) is 2.74. The van der Waals surface area contributed by atoms with Gasteiger partial charge < -0.3 is 26.0 Å². The molecule has 8 nitrogen and oxygen atoms in total. The normalized spacial score (nSPS) is 22.9. The third-order valence-electron chi connectivity index (χ3n) is 5.66. The van der Waals surface area contributed by atoms with Crippen molar-refractivity contribution in [3.63, 3.8) is 0 Å². The summed E-state index contributed by atoms with van der Waals surface area (Å²) in [5.41, 5.74) is 3.22. The van der Waals surface area contributed by atoms with Crippen molar-refractivity contribution in [1.29, 1.82) is 0 Å². The van der Waals surface area contributed by atoms with Gasteiger partial charge in [-0.15, -0.1) is 0 Å². The molecule has 2 atom stereocenters. The van der Waals surface area contributed by atoms with Crippen LogP contribution in [0, 0.1) is 5.82 Å². The van der Waals surface area contributed by atoms with Gasteiger partial charge in [-0.05, 0) is 55.2 Å². The number of urea groups is 1. The molecule has 1 aliphatic heterocycles. The van der Waals surface area contributed by atoms with Crippen LogP contribution in [0.2, 0.25) is 5.02 Å². The zero-order valence-electron chi connectivity index (χ0n) is 17.9. The van der Waals surface area contributed by atoms with E-state index < -0.39 is 23.1 Å². The largest absolute Gasteiger partial charge is 0.491 e. The minimum atomic E-state index is -1.61. The van der Waals surface area contributed by atoms with Crippen LogP contribution in [0.1, 0.15) is 31.2 Å². The summed E-state index contributed by atoms with van der Waals surface area (Å²) in [5.74, 6) is -0.485. The van der Waals surface area contributed by atoms with Crippen LogP contribution in [0.4, 0.5) is 14.9 Å². The molecule has 0 spiro atoms. The second-order valence-corrected chi connectivity index (χ2v) is 8.63. The molecule has 1 heterocycles. The quantitative estimate of drug-likeness (QED) is 0.395. The van der Waals surface area contributed by atoms with Crippen LogP contribution >= 0.6 is 11.6 Å². The lowest BCUT2D eigenvalue weighted by Crippen LogP contribution is -2.46. The SMILES string of the molecule is NC(=O)Nc1cc(Cl)ccc1OCCC(=O)C1(O)CCNC(O)(Cc2ccc(F)cc2)CC1. The molecule has 0 aromatic heterocycles. The van der Waals surface area contributed by atoms with Crippen molar-refractivity contribution < 1.29 is 28.9 Å². The van der Waals surface area contributed by atoms with Gasteiger partial charge in [-0.2, -0.15) is 0 Å². The molecule has 0 bridgehead atoms. The fourth-order valence-corrected chi connectivity index (χ4v) is 4.02. The first-order chi connectivity index (χ1) is 15.6. The zero-order valence-corrected chi connectivity index (χ0v) is 18.7. The van der Waals surface area contributed by atoms with E-state index in [1.165, 1.54) is 24.3 Å². The molecule has 2 aromatic rings. The number of rotatable bonds is 8. The molecule has 0 aliphatic carbocycles. The number of carbonyl (C=O) groups excluding carboxylic acids is 2. The monoisotopic (exact) mass is 479 g/mol. The summed E-state index contributed by atoms with van der Waals surface area (Å²) in [6.07, 6.45) is 0.467. The number of hydrogen-bond donors (Lipinski definition) is 5. The van der Waals surface area contributed by atoms with Gasteiger partial charge in [0, 0.05) is 24.4 Å². The number of Topliss-reactive ketones (excluding diaryl/α,β-unsaturated/α-hetero) is 1. The molecular formula is C23H27ClFN3O5. The molecule has 1 aliphatic rings. The fraction of sp³-hybridized carbons (Fsp3) is 0.391. The first kappa shape index (κ1) is 24.9. The second kappa shape index (κ2) is 10.5. The summed E-state index contributed by atoms with van der Waals surface area (Å²) in [6.45, 7) is 0.189. The number of ketones is 1. The van der Waals surface area contributed by atoms with Crippen LogP contribution in [0.5, 0.6) is 5.75 Å². The van der Waals surface area contributed by atoms with E-state index in [-0.39, 0.29) is 62.5 Å². The molecule has 2 aromatic carbocycles. The van der Waals surface area contributed by atoms with E-state index in [1.807, 2.05) is 0 Å². The lowest BCUT2D eigenvalue weighted by atomic mass is 9.86. The highest BCUT2D eigenvalue weighted by Gasteiger charge is 2.41. The number of hydrogen-bond acceptors (Lipinski definition) is 6. The molecule has 6 N–H and O–H groups in total. The number of primary amides is 1. The summed E-state index contributed by atoms with van der Waals surface area (Å²) in [7, 11) is 0. The number of halogens is 2. The Morgan fingerprint density at radius 2 is 1.88 bits per heavy atom. The van der Waals surface area contributed by atoms with Crippen LogP contribution in [-0.4, -0.2) is 46.5 Å². The van der Waals surface area contributed by atoms with Crippen molar-refractivity contribution in [2.45, 2.75) is 43.4 Å². The number of nitrogens with one attached hydrogen (secondary N) is 2. The van der Waals surface area contributed by atoms with Crippen LogP contribution in [0.15, 0.2) is 42.5 Å². The Morgan fingerprint density at radius 1 is 1.15 bits per heavy atom. The van der Waals surface area contributed by atoms with Gasteiger partial charge in [-0.3, -0.25) is 10.1 Å². The molecule has 1 fully saturated rings. The summed E-state index contributed by atoms with van der Waals surface area (Å²) in [4.78, 5) is 24.0. The number of anilines is 1. The molecule has 10 heteroatoms. The average Bonchev–Trinajstić information content (AvgIpc) is 2.90. The minimum Gasteiger partial charge on any atom is -0.491 e. The maximum atomic E-state index is 13.1. The average molecular weight is 480 g/mol. The summed E-state index contributed by atoms with van der Waals surface area (Å²) >= 11 is 5.92. The molecule has 178 valence electrons. The molecule has 0 radical (unpaired) electrons. The van der Waals surface area contributed by atoms with E-state index in [2.05, 4.69) is 10.6 Å². The van der Waals surface area contributed by atoms with E-state index >= 15 is 0 Å². The van der Waals surface area contributed by atoms with Gasteiger partial charge in [-0.25, -0.2) is 9.18 Å². The van der Waals surface area contributed by atoms with Crippen LogP contribution in [0.3, 0.4) is 0 Å². The number of amides is 2. The first-order valence-corrected chi connectivity index (χ1v) is 10.9. The maximum absolute atomic E-state index is 13.1. The fourth-order valence-electron chi connectivity index (χ4n) is 3.84. The van der Waals surface area contributed by atoms with E-state index in [1.54, 1.807) is 18.2 Å². The van der Waals surface area contributed by atoms with E-state index in [4.69, 9.17) is 22.1 Å². The second-order valence-electron chi connectivity index (χ2n) is 8.19. The minimum absolute atomic E-state index is 0.0382. The van der Waals surface area contributed by atoms with Gasteiger partial charge in [0.25, 0.3) is 0 Å². The molecule has 1 saturated heterocycles. The lowest BCUT2D eigenvalue weighted by molar-refractivity contribution is -0.139. The Bertz CT molecular complexity index is 1010. The summed E-state index contributed by atoms with van der Waals surface area (Å²) < 4.78 is 18.7. The Kier molecular flexibility index (Phi) is 7.91. The van der Waals surface area contributed by atoms with E-state index in [9.17, 15) is 24.2 Å². The van der Waals surface area contributed by atoms with Crippen LogP contribution in [-0.2, 0) is 11.2 Å². The molecule has 33 heavy (non-hydrogen) atoms. The van der Waals surface area contributed by atoms with Crippen molar-refractivity contribution in [2.75, 3.05) is 18.5 Å². The first-order valence-electron chi connectivity index (χ1n) is 10.5. The third-order valence-corrected chi connectivity index (χ3v) is 5.89. The van der Waals surface area contributed by atoms with Crippen molar-refractivity contribution in [2.24, 2.45) is 5.73 Å². The summed E-state index contributed by atoms with van der Waals surface area (Å²) in [5, 5.41) is 27.7. The predicted molar refractivity (Wildman–Crippen MR) is 122 cm³/mol. The number of benzene rings is 2. The molecule has 0 saturated carbocycles. The summed E-state index contributed by atoms with van der Waals surface area (Å²) in [6, 6.07) is 9.61. The molecular weight excluding hydrogens is 453 g/mol. The van der Waals surface area contributed by atoms with Crippen molar-refractivity contribution >= 4 is 29.1 Å². The standard InChI is InChI=1S/C23H27ClFN3O5/c24-16-3-6-19(18(13-16)28-21(26)30)33-12-7-20(29)22(31)8-9-23(32,27-11-10-22)14-15-1-4-17(25)5-2-15/h1-6,13,27,31-32H,7-12,14H2,(H3,26,28,30). The van der Waals surface area contributed by atoms with Gasteiger partial charge in [-0.1, -0.05) is 23.7 Å². The number of carbonyl (C=O) groups is 2.